The van der Waals surface area contributed by atoms with Crippen molar-refractivity contribution >= 4 is 34.6 Å². The fraction of sp³-hybridized carbons (Fsp3) is 0.382. The normalized spacial score (nSPS) is 14.2. The number of nitrogens with one attached hydrogen (secondary N) is 1. The number of amides is 1. The van der Waals surface area contributed by atoms with Gasteiger partial charge in [-0.15, -0.1) is 21.5 Å². The Kier molecular flexibility index (Phi) is 9.79. The quantitative estimate of drug-likeness (QED) is 0.153. The van der Waals surface area contributed by atoms with Crippen molar-refractivity contribution in [1.29, 1.82) is 0 Å². The van der Waals surface area contributed by atoms with Crippen molar-refractivity contribution in [2.45, 2.75) is 66.0 Å². The molecule has 1 amide bonds. The third kappa shape index (κ3) is 7.84. The third-order valence-corrected chi connectivity index (χ3v) is 8.34. The van der Waals surface area contributed by atoms with Crippen LogP contribution < -0.4 is 10.1 Å². The summed E-state index contributed by atoms with van der Waals surface area (Å²) in [5, 5.41) is 12.8. The van der Waals surface area contributed by atoms with Gasteiger partial charge in [-0.25, -0.2) is 4.79 Å². The molecule has 11 heteroatoms. The van der Waals surface area contributed by atoms with E-state index in [1.165, 1.54) is 4.88 Å². The van der Waals surface area contributed by atoms with E-state index in [1.54, 1.807) is 11.3 Å². The van der Waals surface area contributed by atoms with Crippen molar-refractivity contribution in [3.8, 4) is 10.8 Å². The van der Waals surface area contributed by atoms with Crippen molar-refractivity contribution in [2.24, 2.45) is 4.99 Å². The van der Waals surface area contributed by atoms with Crippen molar-refractivity contribution < 1.29 is 23.8 Å². The van der Waals surface area contributed by atoms with E-state index in [9.17, 15) is 9.59 Å². The Balaban J connectivity index is 1.32. The minimum atomic E-state index is -0.541. The summed E-state index contributed by atoms with van der Waals surface area (Å²) in [7, 11) is 0. The highest BCUT2D eigenvalue weighted by Crippen LogP contribution is 2.39. The second-order valence-corrected chi connectivity index (χ2v) is 13.1. The van der Waals surface area contributed by atoms with Crippen LogP contribution in [0.15, 0.2) is 59.6 Å². The number of thiophene rings is 1. The zero-order chi connectivity index (χ0) is 32.1. The van der Waals surface area contributed by atoms with Gasteiger partial charge in [0.1, 0.15) is 34.8 Å². The molecule has 1 N–H and O–H groups in total. The number of fused-ring (bicyclic) bond motifs is 3. The minimum absolute atomic E-state index is 0.0817. The number of hydrogen-bond acceptors (Lipinski definition) is 9. The number of carbonyl (C=O) groups is 2. The number of esters is 1. The molecule has 1 aliphatic heterocycles. The van der Waals surface area contributed by atoms with E-state index in [1.807, 2.05) is 86.9 Å². The smallest absolute Gasteiger partial charge is 0.332 e. The van der Waals surface area contributed by atoms with Gasteiger partial charge < -0.3 is 19.5 Å². The van der Waals surface area contributed by atoms with Gasteiger partial charge >= 0.3 is 5.97 Å². The maximum atomic E-state index is 13.2. The lowest BCUT2D eigenvalue weighted by molar-refractivity contribution is -0.160. The summed E-state index contributed by atoms with van der Waals surface area (Å²) in [6, 6.07) is 16.7. The van der Waals surface area contributed by atoms with Crippen molar-refractivity contribution in [1.82, 2.24) is 14.8 Å². The van der Waals surface area contributed by atoms with Gasteiger partial charge in [0.2, 0.25) is 5.91 Å². The molecule has 0 radical (unpaired) electrons. The van der Waals surface area contributed by atoms with Gasteiger partial charge in [0.15, 0.2) is 5.82 Å². The number of anilines is 1. The number of ether oxygens (including phenoxy) is 3. The van der Waals surface area contributed by atoms with Gasteiger partial charge in [-0.2, -0.15) is 0 Å². The summed E-state index contributed by atoms with van der Waals surface area (Å²) < 4.78 is 18.7. The van der Waals surface area contributed by atoms with E-state index in [0.717, 1.165) is 38.9 Å². The Labute approximate surface area is 267 Å². The molecule has 2 aromatic heterocycles. The minimum Gasteiger partial charge on any atom is -0.494 e. The number of hydrogen-bond donors (Lipinski definition) is 1. The predicted octanol–water partition coefficient (Wildman–Crippen LogP) is 6.30. The monoisotopic (exact) mass is 629 g/mol. The maximum absolute atomic E-state index is 13.2. The molecule has 236 valence electrons. The first-order valence-electron chi connectivity index (χ1n) is 15.0. The van der Waals surface area contributed by atoms with E-state index in [0.29, 0.717) is 31.2 Å². The molecule has 0 fully saturated rings. The van der Waals surface area contributed by atoms with Gasteiger partial charge in [0.05, 0.1) is 25.3 Å². The number of aryl methyl sites for hydroxylation is 2. The number of rotatable bonds is 11. The lowest BCUT2D eigenvalue weighted by atomic mass is 9.99. The van der Waals surface area contributed by atoms with E-state index >= 15 is 0 Å². The number of carbonyl (C=O) groups excluding carboxylic acids is 2. The highest BCUT2D eigenvalue weighted by Gasteiger charge is 2.32. The van der Waals surface area contributed by atoms with Crippen molar-refractivity contribution in [2.75, 3.05) is 25.1 Å². The number of benzene rings is 2. The molecule has 4 aromatic rings. The summed E-state index contributed by atoms with van der Waals surface area (Å²) >= 11 is 1.67. The molecule has 1 atom stereocenters. The predicted molar refractivity (Wildman–Crippen MR) is 175 cm³/mol. The van der Waals surface area contributed by atoms with E-state index in [4.69, 9.17) is 19.2 Å². The van der Waals surface area contributed by atoms with E-state index in [-0.39, 0.29) is 24.9 Å². The molecule has 2 aromatic carbocycles. The highest BCUT2D eigenvalue weighted by molar-refractivity contribution is 7.15. The largest absolute Gasteiger partial charge is 0.494 e. The highest BCUT2D eigenvalue weighted by atomic mass is 32.1. The summed E-state index contributed by atoms with van der Waals surface area (Å²) in [5.41, 5.74) is 4.06. The lowest BCUT2D eigenvalue weighted by Gasteiger charge is -2.19. The van der Waals surface area contributed by atoms with Crippen LogP contribution in [0.3, 0.4) is 0 Å². The van der Waals surface area contributed by atoms with Gasteiger partial charge in [-0.3, -0.25) is 14.4 Å². The van der Waals surface area contributed by atoms with Crippen molar-refractivity contribution in [3.63, 3.8) is 0 Å². The first-order chi connectivity index (χ1) is 21.5. The van der Waals surface area contributed by atoms with Crippen molar-refractivity contribution in [3.05, 3.63) is 87.8 Å². The van der Waals surface area contributed by atoms with Crippen LogP contribution in [0.25, 0.3) is 5.00 Å². The van der Waals surface area contributed by atoms with Crippen LogP contribution in [0.2, 0.25) is 0 Å². The Bertz CT molecular complexity index is 1690. The number of nitrogens with zero attached hydrogens (tertiary/aromatic N) is 4. The summed E-state index contributed by atoms with van der Waals surface area (Å²) in [5.74, 6) is 1.57. The molecule has 0 bridgehead atoms. The van der Waals surface area contributed by atoms with Gasteiger partial charge in [0, 0.05) is 28.1 Å². The molecule has 0 spiro atoms. The molecule has 1 aliphatic rings. The van der Waals surface area contributed by atoms with Crippen LogP contribution in [0.1, 0.15) is 72.9 Å². The fourth-order valence-corrected chi connectivity index (χ4v) is 6.23. The molecule has 10 nitrogen and oxygen atoms in total. The fourth-order valence-electron chi connectivity index (χ4n) is 5.02. The van der Waals surface area contributed by atoms with Crippen LogP contribution in [-0.2, 0) is 19.1 Å². The van der Waals surface area contributed by atoms with E-state index in [2.05, 4.69) is 29.4 Å². The van der Waals surface area contributed by atoms with Crippen LogP contribution in [0.4, 0.5) is 5.69 Å². The van der Waals surface area contributed by atoms with Gasteiger partial charge in [-0.1, -0.05) is 18.2 Å². The molecule has 45 heavy (non-hydrogen) atoms. The zero-order valence-corrected chi connectivity index (χ0v) is 27.4. The number of aromatic nitrogens is 3. The molecule has 3 heterocycles. The van der Waals surface area contributed by atoms with Crippen LogP contribution in [0.5, 0.6) is 5.75 Å². The summed E-state index contributed by atoms with van der Waals surface area (Å²) in [6.45, 7) is 12.3. The Morgan fingerprint density at radius 2 is 1.71 bits per heavy atom. The number of para-hydroxylation sites is 1. The lowest BCUT2D eigenvalue weighted by Crippen LogP contribution is -2.26. The summed E-state index contributed by atoms with van der Waals surface area (Å²) in [6.07, 6.45) is 0.736. The second-order valence-electron chi connectivity index (χ2n) is 11.9. The Hall–Kier alpha value is -4.35. The molecular weight excluding hydrogens is 590 g/mol. The average molecular weight is 630 g/mol. The van der Waals surface area contributed by atoms with Gasteiger partial charge in [-0.05, 0) is 83.5 Å². The topological polar surface area (TPSA) is 117 Å². The Morgan fingerprint density at radius 1 is 0.978 bits per heavy atom. The number of aliphatic imine (C=N–C) groups is 1. The summed E-state index contributed by atoms with van der Waals surface area (Å²) in [4.78, 5) is 31.4. The molecule has 0 unspecified atom stereocenters. The van der Waals surface area contributed by atoms with Crippen LogP contribution >= 0.6 is 11.3 Å². The zero-order valence-electron chi connectivity index (χ0n) is 26.5. The van der Waals surface area contributed by atoms with E-state index < -0.39 is 11.6 Å². The van der Waals surface area contributed by atoms with Crippen LogP contribution in [-0.4, -0.2) is 57.8 Å². The van der Waals surface area contributed by atoms with Crippen LogP contribution in [0, 0.1) is 20.8 Å². The maximum Gasteiger partial charge on any atom is 0.332 e. The molecule has 0 aliphatic carbocycles. The first-order valence-corrected chi connectivity index (χ1v) is 15.8. The Morgan fingerprint density at radius 3 is 2.42 bits per heavy atom. The standard InChI is InChI=1S/C34H39N5O5S/c1-21-22(2)45-33-30(21)31(24-13-15-26(16-14-24)43-18-10-17-42-20-29(41)44-34(4,5)6)36-27(32-38-37-23(3)39(32)33)19-28(40)35-25-11-8-7-9-12-25/h7-9,11-16,27H,10,17-20H2,1-6H3,(H,35,40)/t27-/m0/s1. The first kappa shape index (κ1) is 32.1. The third-order valence-electron chi connectivity index (χ3n) is 7.15. The molecule has 0 saturated carbocycles. The average Bonchev–Trinajstić information content (AvgIpc) is 3.46. The molecular formula is C34H39N5O5S. The molecule has 0 saturated heterocycles. The van der Waals surface area contributed by atoms with Gasteiger partial charge in [0.25, 0.3) is 0 Å². The SMILES string of the molecule is Cc1sc2c(c1C)C(c1ccc(OCCCOCC(=O)OC(C)(C)C)cc1)=N[C@@H](CC(=O)Nc1ccccc1)c1nnc(C)n1-2. The molecule has 5 rings (SSSR count). The second kappa shape index (κ2) is 13.7.